The molecule has 1 rings (SSSR count). The van der Waals surface area contributed by atoms with E-state index in [0.717, 1.165) is 19.5 Å². The highest BCUT2D eigenvalue weighted by molar-refractivity contribution is 5.75. The third kappa shape index (κ3) is 3.27. The second kappa shape index (κ2) is 5.32. The first-order valence-corrected chi connectivity index (χ1v) is 5.18. The van der Waals surface area contributed by atoms with Gasteiger partial charge in [-0.25, -0.2) is 0 Å². The van der Waals surface area contributed by atoms with Crippen molar-refractivity contribution in [1.29, 1.82) is 0 Å². The quantitative estimate of drug-likeness (QED) is 0.620. The molecule has 82 valence electrons. The van der Waals surface area contributed by atoms with Crippen molar-refractivity contribution >= 4 is 5.97 Å². The molecule has 1 fully saturated rings. The lowest BCUT2D eigenvalue weighted by Crippen LogP contribution is -2.59. The minimum atomic E-state index is -0.148. The van der Waals surface area contributed by atoms with Gasteiger partial charge in [-0.3, -0.25) is 10.1 Å². The molecule has 0 amide bonds. The molecule has 0 bridgehead atoms. The Morgan fingerprint density at radius 1 is 1.57 bits per heavy atom. The molecule has 1 aliphatic rings. The summed E-state index contributed by atoms with van der Waals surface area (Å²) in [6, 6.07) is 0.282. The van der Waals surface area contributed by atoms with Crippen LogP contribution in [0.2, 0.25) is 0 Å². The van der Waals surface area contributed by atoms with Gasteiger partial charge in [-0.15, -0.1) is 0 Å². The van der Waals surface area contributed by atoms with Gasteiger partial charge in [0.05, 0.1) is 7.11 Å². The molecule has 4 nitrogen and oxygen atoms in total. The Kier molecular flexibility index (Phi) is 4.35. The lowest BCUT2D eigenvalue weighted by atomic mass is 10.0. The summed E-state index contributed by atoms with van der Waals surface area (Å²) in [6.45, 7) is 6.12. The number of rotatable bonds is 5. The molecule has 0 aliphatic carbocycles. The zero-order valence-corrected chi connectivity index (χ0v) is 9.17. The van der Waals surface area contributed by atoms with Crippen molar-refractivity contribution < 1.29 is 9.53 Å². The maximum absolute atomic E-state index is 11.4. The van der Waals surface area contributed by atoms with E-state index in [0.29, 0.717) is 12.0 Å². The van der Waals surface area contributed by atoms with Crippen molar-refractivity contribution in [3.8, 4) is 0 Å². The molecule has 0 spiro atoms. The van der Waals surface area contributed by atoms with Gasteiger partial charge in [0.2, 0.25) is 0 Å². The fourth-order valence-electron chi connectivity index (χ4n) is 1.54. The number of carbonyl (C=O) groups is 1. The molecule has 14 heavy (non-hydrogen) atoms. The predicted octanol–water partition coefficient (Wildman–Crippen LogP) is 0.136. The summed E-state index contributed by atoms with van der Waals surface area (Å²) in [5.41, 5.74) is 0. The topological polar surface area (TPSA) is 50.4 Å². The minimum absolute atomic E-state index is 0.146. The second-order valence-corrected chi connectivity index (χ2v) is 4.23. The van der Waals surface area contributed by atoms with Gasteiger partial charge in [0.25, 0.3) is 0 Å². The third-order valence-corrected chi connectivity index (χ3v) is 2.41. The fourth-order valence-corrected chi connectivity index (χ4v) is 1.54. The molecule has 1 saturated heterocycles. The van der Waals surface area contributed by atoms with Crippen molar-refractivity contribution in [1.82, 2.24) is 10.6 Å². The molecule has 0 aromatic rings. The highest BCUT2D eigenvalue weighted by atomic mass is 16.5. The van der Waals surface area contributed by atoms with Gasteiger partial charge in [0.15, 0.2) is 0 Å². The Labute approximate surface area is 85.4 Å². The largest absolute Gasteiger partial charge is 0.468 e. The van der Waals surface area contributed by atoms with Crippen LogP contribution in [0.3, 0.4) is 0 Å². The van der Waals surface area contributed by atoms with E-state index in [-0.39, 0.29) is 12.0 Å². The normalized spacial score (nSPS) is 19.1. The number of nitrogens with one attached hydrogen (secondary N) is 2. The molecule has 4 heteroatoms. The first-order chi connectivity index (χ1) is 6.63. The Bertz CT molecular complexity index is 191. The second-order valence-electron chi connectivity index (χ2n) is 4.23. The number of esters is 1. The van der Waals surface area contributed by atoms with Gasteiger partial charge in [-0.2, -0.15) is 0 Å². The van der Waals surface area contributed by atoms with E-state index >= 15 is 0 Å². The van der Waals surface area contributed by atoms with E-state index < -0.39 is 0 Å². The van der Waals surface area contributed by atoms with Gasteiger partial charge in [-0.1, -0.05) is 13.8 Å². The summed E-state index contributed by atoms with van der Waals surface area (Å²) in [5.74, 6) is 0.352. The van der Waals surface area contributed by atoms with Crippen molar-refractivity contribution in [2.45, 2.75) is 32.4 Å². The first kappa shape index (κ1) is 11.5. The lowest BCUT2D eigenvalue weighted by Gasteiger charge is -2.32. The summed E-state index contributed by atoms with van der Waals surface area (Å²) in [7, 11) is 1.44. The van der Waals surface area contributed by atoms with E-state index in [9.17, 15) is 4.79 Å². The van der Waals surface area contributed by atoms with Crippen LogP contribution < -0.4 is 10.6 Å². The fraction of sp³-hybridized carbons (Fsp3) is 0.900. The molecule has 0 radical (unpaired) electrons. The van der Waals surface area contributed by atoms with Gasteiger partial charge >= 0.3 is 5.97 Å². The molecule has 0 aromatic heterocycles. The smallest absolute Gasteiger partial charge is 0.322 e. The molecule has 1 heterocycles. The zero-order chi connectivity index (χ0) is 10.6. The van der Waals surface area contributed by atoms with Crippen LogP contribution in [0.4, 0.5) is 0 Å². The van der Waals surface area contributed by atoms with E-state index in [1.807, 2.05) is 0 Å². The average Bonchev–Trinajstić information content (AvgIpc) is 2.07. The number of hydrogen-bond acceptors (Lipinski definition) is 4. The van der Waals surface area contributed by atoms with E-state index in [1.54, 1.807) is 0 Å². The molecular weight excluding hydrogens is 180 g/mol. The Balaban J connectivity index is 2.38. The number of ether oxygens (including phenoxy) is 1. The molecule has 1 unspecified atom stereocenters. The van der Waals surface area contributed by atoms with Crippen LogP contribution in [-0.4, -0.2) is 38.3 Å². The van der Waals surface area contributed by atoms with Crippen LogP contribution in [0.15, 0.2) is 0 Å². The summed E-state index contributed by atoms with van der Waals surface area (Å²) in [5, 5.41) is 6.46. The molecule has 0 saturated carbocycles. The molecular formula is C10H20N2O2. The van der Waals surface area contributed by atoms with E-state index in [2.05, 4.69) is 24.5 Å². The maximum atomic E-state index is 11.4. The van der Waals surface area contributed by atoms with Crippen LogP contribution >= 0.6 is 0 Å². The first-order valence-electron chi connectivity index (χ1n) is 5.18. The van der Waals surface area contributed by atoms with Crippen molar-refractivity contribution in [3.63, 3.8) is 0 Å². The van der Waals surface area contributed by atoms with Crippen LogP contribution in [0, 0.1) is 5.92 Å². The molecule has 2 N–H and O–H groups in total. The molecule has 1 aliphatic heterocycles. The SMILES string of the molecule is COC(=O)C(CC(C)C)NC1CNC1. The number of methoxy groups -OCH3 is 1. The van der Waals surface area contributed by atoms with Crippen LogP contribution in [0.5, 0.6) is 0 Å². The summed E-state index contributed by atoms with van der Waals surface area (Å²) < 4.78 is 4.76. The highest BCUT2D eigenvalue weighted by Crippen LogP contribution is 2.08. The minimum Gasteiger partial charge on any atom is -0.468 e. The van der Waals surface area contributed by atoms with E-state index in [4.69, 9.17) is 4.74 Å². The Morgan fingerprint density at radius 3 is 2.57 bits per heavy atom. The van der Waals surface area contributed by atoms with E-state index in [1.165, 1.54) is 7.11 Å². The molecule has 0 aromatic carbocycles. The molecule has 1 atom stereocenters. The summed E-state index contributed by atoms with van der Waals surface area (Å²) in [4.78, 5) is 11.4. The highest BCUT2D eigenvalue weighted by Gasteiger charge is 2.26. The van der Waals surface area contributed by atoms with Gasteiger partial charge < -0.3 is 10.1 Å². The average molecular weight is 200 g/mol. The van der Waals surface area contributed by atoms with Crippen LogP contribution in [0.1, 0.15) is 20.3 Å². The van der Waals surface area contributed by atoms with Gasteiger partial charge in [0, 0.05) is 19.1 Å². The van der Waals surface area contributed by atoms with Crippen molar-refractivity contribution in [3.05, 3.63) is 0 Å². The Hall–Kier alpha value is -0.610. The van der Waals surface area contributed by atoms with Crippen LogP contribution in [0.25, 0.3) is 0 Å². The zero-order valence-electron chi connectivity index (χ0n) is 9.17. The summed E-state index contributed by atoms with van der Waals surface area (Å²) >= 11 is 0. The third-order valence-electron chi connectivity index (χ3n) is 2.41. The monoisotopic (exact) mass is 200 g/mol. The maximum Gasteiger partial charge on any atom is 0.322 e. The number of carbonyl (C=O) groups excluding carboxylic acids is 1. The van der Waals surface area contributed by atoms with Crippen LogP contribution in [-0.2, 0) is 9.53 Å². The summed E-state index contributed by atoms with van der Waals surface area (Å²) in [6.07, 6.45) is 0.836. The van der Waals surface area contributed by atoms with Gasteiger partial charge in [-0.05, 0) is 12.3 Å². The Morgan fingerprint density at radius 2 is 2.21 bits per heavy atom. The van der Waals surface area contributed by atoms with Crippen molar-refractivity contribution in [2.75, 3.05) is 20.2 Å². The van der Waals surface area contributed by atoms with Gasteiger partial charge in [0.1, 0.15) is 6.04 Å². The number of hydrogen-bond donors (Lipinski definition) is 2. The standard InChI is InChI=1S/C10H20N2O2/c1-7(2)4-9(10(13)14-3)12-8-5-11-6-8/h7-9,11-12H,4-6H2,1-3H3. The van der Waals surface area contributed by atoms with Crippen molar-refractivity contribution in [2.24, 2.45) is 5.92 Å². The lowest BCUT2D eigenvalue weighted by molar-refractivity contribution is -0.143. The predicted molar refractivity (Wildman–Crippen MR) is 55.1 cm³/mol.